The number of aliphatic hydroxyl groups is 1. The van der Waals surface area contributed by atoms with Crippen LogP contribution in [0.4, 0.5) is 10.5 Å². The molecule has 152 valence electrons. The molecule has 4 N–H and O–H groups in total. The van der Waals surface area contributed by atoms with Crippen molar-refractivity contribution < 1.29 is 14.1 Å². The Hall–Kier alpha value is -1.81. The van der Waals surface area contributed by atoms with Crippen molar-refractivity contribution >= 4 is 33.0 Å². The average Bonchev–Trinajstić information content (AvgIpc) is 3.22. The normalized spacial score (nSPS) is 16.0. The summed E-state index contributed by atoms with van der Waals surface area (Å²) in [6.45, 7) is 7.26. The number of nitrogens with two attached hydrogens (primary N) is 1. The van der Waals surface area contributed by atoms with Gasteiger partial charge in [-0.3, -0.25) is 0 Å². The Morgan fingerprint density at radius 2 is 2.00 bits per heavy atom. The molecule has 1 atom stereocenters. The van der Waals surface area contributed by atoms with Gasteiger partial charge < -0.3 is 10.4 Å². The van der Waals surface area contributed by atoms with Crippen LogP contribution < -0.4 is 10.5 Å². The smallest absolute Gasteiger partial charge is 0.354 e. The standard InChI is InChI=1S/C19H26N4O3S2/c1-11(2)14-8-12-6-5-7-13(12)9-15(14)22-18(24)23-28(20,26)16-10-21-17(27-16)19(3,4)25/h8-11,25H,5-7H2,1-4H3,(H3,20,22,23,24,26)/t28-/m0/s1. The minimum atomic E-state index is -3.46. The number of aryl methyl sites for hydroxylation is 2. The van der Waals surface area contributed by atoms with E-state index in [2.05, 4.69) is 34.6 Å². The molecule has 1 aromatic carbocycles. The Morgan fingerprint density at radius 1 is 1.36 bits per heavy atom. The molecule has 2 amide bonds. The Bertz CT molecular complexity index is 1030. The molecule has 9 heteroatoms. The number of nitrogens with zero attached hydrogens (tertiary/aromatic N) is 2. The zero-order valence-corrected chi connectivity index (χ0v) is 18.1. The SMILES string of the molecule is CC(C)c1cc2c(cc1NC(=O)N=[S@](N)(=O)c1cnc(C(C)(C)O)s1)CCC2. The number of hydrogen-bond acceptors (Lipinski definition) is 5. The highest BCUT2D eigenvalue weighted by Crippen LogP contribution is 2.33. The fraction of sp³-hybridized carbons (Fsp3) is 0.474. The van der Waals surface area contributed by atoms with Gasteiger partial charge in [0.25, 0.3) is 0 Å². The van der Waals surface area contributed by atoms with Crippen LogP contribution >= 0.6 is 11.3 Å². The van der Waals surface area contributed by atoms with Gasteiger partial charge in [0.05, 0.1) is 6.20 Å². The zero-order chi connectivity index (χ0) is 20.7. The molecule has 1 heterocycles. The molecule has 0 spiro atoms. The van der Waals surface area contributed by atoms with Crippen LogP contribution in [-0.4, -0.2) is 20.3 Å². The Morgan fingerprint density at radius 3 is 2.57 bits per heavy atom. The molecule has 0 unspecified atom stereocenters. The van der Waals surface area contributed by atoms with Gasteiger partial charge in [0, 0.05) is 5.69 Å². The van der Waals surface area contributed by atoms with Crippen LogP contribution in [0.15, 0.2) is 26.9 Å². The van der Waals surface area contributed by atoms with E-state index in [0.717, 1.165) is 36.2 Å². The predicted molar refractivity (Wildman–Crippen MR) is 112 cm³/mol. The van der Waals surface area contributed by atoms with Crippen molar-refractivity contribution in [1.82, 2.24) is 4.98 Å². The molecule has 1 aliphatic carbocycles. The Kier molecular flexibility index (Phi) is 5.64. The molecule has 2 aromatic rings. The summed E-state index contributed by atoms with van der Waals surface area (Å²) in [5, 5.41) is 18.9. The summed E-state index contributed by atoms with van der Waals surface area (Å²) in [5.41, 5.74) is 3.07. The number of anilines is 1. The van der Waals surface area contributed by atoms with Gasteiger partial charge in [-0.2, -0.15) is 0 Å². The van der Waals surface area contributed by atoms with Crippen LogP contribution in [0, 0.1) is 0 Å². The summed E-state index contributed by atoms with van der Waals surface area (Å²) in [4.78, 5) is 16.5. The van der Waals surface area contributed by atoms with Crippen LogP contribution in [0.3, 0.4) is 0 Å². The first-order valence-electron chi connectivity index (χ1n) is 9.17. The van der Waals surface area contributed by atoms with Crippen molar-refractivity contribution in [3.05, 3.63) is 40.0 Å². The first kappa shape index (κ1) is 20.9. The number of carbonyl (C=O) groups excluding carboxylic acids is 1. The number of nitrogens with one attached hydrogen (secondary N) is 1. The maximum atomic E-state index is 12.8. The molecule has 0 bridgehead atoms. The summed E-state index contributed by atoms with van der Waals surface area (Å²) in [7, 11) is -3.46. The molecule has 0 fully saturated rings. The van der Waals surface area contributed by atoms with E-state index < -0.39 is 21.5 Å². The second-order valence-electron chi connectivity index (χ2n) is 7.85. The minimum absolute atomic E-state index is 0.151. The lowest BCUT2D eigenvalue weighted by atomic mass is 9.96. The molecule has 28 heavy (non-hydrogen) atoms. The van der Waals surface area contributed by atoms with Crippen LogP contribution in [-0.2, 0) is 28.4 Å². The highest BCUT2D eigenvalue weighted by Gasteiger charge is 2.24. The fourth-order valence-electron chi connectivity index (χ4n) is 3.21. The maximum absolute atomic E-state index is 12.8. The monoisotopic (exact) mass is 422 g/mol. The summed E-state index contributed by atoms with van der Waals surface area (Å²) in [6.07, 6.45) is 4.45. The largest absolute Gasteiger partial charge is 0.383 e. The van der Waals surface area contributed by atoms with Gasteiger partial charge in [-0.1, -0.05) is 19.9 Å². The van der Waals surface area contributed by atoms with Gasteiger partial charge in [0.1, 0.15) is 14.8 Å². The highest BCUT2D eigenvalue weighted by molar-refractivity contribution is 7.93. The fourth-order valence-corrected chi connectivity index (χ4v) is 5.28. The number of rotatable bonds is 4. The molecule has 3 rings (SSSR count). The molecule has 7 nitrogen and oxygen atoms in total. The lowest BCUT2D eigenvalue weighted by molar-refractivity contribution is 0.0783. The second-order valence-corrected chi connectivity index (χ2v) is 10.9. The number of amides is 2. The van der Waals surface area contributed by atoms with E-state index in [9.17, 15) is 14.1 Å². The molecule has 0 aliphatic heterocycles. The number of urea groups is 1. The second kappa shape index (κ2) is 7.55. The van der Waals surface area contributed by atoms with Crippen molar-refractivity contribution in [2.24, 2.45) is 9.50 Å². The number of thiazole rings is 1. The van der Waals surface area contributed by atoms with E-state index in [0.29, 0.717) is 10.7 Å². The Balaban J connectivity index is 1.89. The summed E-state index contributed by atoms with van der Waals surface area (Å²) >= 11 is 0.984. The quantitative estimate of drug-likeness (QED) is 0.692. The van der Waals surface area contributed by atoms with Gasteiger partial charge in [-0.15, -0.1) is 15.7 Å². The third kappa shape index (κ3) is 4.43. The van der Waals surface area contributed by atoms with Crippen molar-refractivity contribution in [3.63, 3.8) is 0 Å². The van der Waals surface area contributed by atoms with Gasteiger partial charge in [-0.05, 0) is 61.8 Å². The lowest BCUT2D eigenvalue weighted by Gasteiger charge is -2.15. The topological polar surface area (TPSA) is 118 Å². The van der Waals surface area contributed by atoms with E-state index in [1.54, 1.807) is 13.8 Å². The number of benzene rings is 1. The molecule has 0 saturated carbocycles. The predicted octanol–water partition coefficient (Wildman–Crippen LogP) is 3.92. The van der Waals surface area contributed by atoms with Crippen molar-refractivity contribution in [2.45, 2.75) is 62.7 Å². The van der Waals surface area contributed by atoms with Crippen molar-refractivity contribution in [3.8, 4) is 0 Å². The molecule has 0 radical (unpaired) electrons. The van der Waals surface area contributed by atoms with Crippen LogP contribution in [0.1, 0.15) is 61.7 Å². The number of carbonyl (C=O) groups is 1. The maximum Gasteiger partial charge on any atom is 0.354 e. The summed E-state index contributed by atoms with van der Waals surface area (Å²) in [6, 6.07) is 3.37. The third-order valence-corrected chi connectivity index (χ3v) is 7.83. The molecular formula is C19H26N4O3S2. The van der Waals surface area contributed by atoms with E-state index in [4.69, 9.17) is 5.14 Å². The van der Waals surface area contributed by atoms with Crippen LogP contribution in [0.5, 0.6) is 0 Å². The van der Waals surface area contributed by atoms with Gasteiger partial charge in [0.15, 0.2) is 9.92 Å². The number of aromatic nitrogens is 1. The minimum Gasteiger partial charge on any atom is -0.383 e. The average molecular weight is 423 g/mol. The van der Waals surface area contributed by atoms with Crippen LogP contribution in [0.25, 0.3) is 0 Å². The van der Waals surface area contributed by atoms with Gasteiger partial charge in [0.2, 0.25) is 0 Å². The number of fused-ring (bicyclic) bond motifs is 1. The summed E-state index contributed by atoms with van der Waals surface area (Å²) in [5.74, 6) is 0.222. The zero-order valence-electron chi connectivity index (χ0n) is 16.5. The Labute approximate surface area is 169 Å². The van der Waals surface area contributed by atoms with E-state index in [1.807, 2.05) is 6.07 Å². The first-order chi connectivity index (χ1) is 13.0. The van der Waals surface area contributed by atoms with E-state index in [-0.39, 0.29) is 10.1 Å². The molecule has 0 saturated heterocycles. The van der Waals surface area contributed by atoms with Gasteiger partial charge >= 0.3 is 6.03 Å². The number of hydrogen-bond donors (Lipinski definition) is 3. The first-order valence-corrected chi connectivity index (χ1v) is 11.6. The lowest BCUT2D eigenvalue weighted by Crippen LogP contribution is -2.17. The van der Waals surface area contributed by atoms with Crippen molar-refractivity contribution in [2.75, 3.05) is 5.32 Å². The molecule has 1 aromatic heterocycles. The summed E-state index contributed by atoms with van der Waals surface area (Å²) < 4.78 is 16.6. The molecule has 1 aliphatic rings. The van der Waals surface area contributed by atoms with Gasteiger partial charge in [-0.25, -0.2) is 19.1 Å². The highest BCUT2D eigenvalue weighted by atomic mass is 32.2. The van der Waals surface area contributed by atoms with E-state index in [1.165, 1.54) is 17.3 Å². The van der Waals surface area contributed by atoms with Crippen LogP contribution in [0.2, 0.25) is 0 Å². The van der Waals surface area contributed by atoms with E-state index >= 15 is 0 Å². The third-order valence-electron chi connectivity index (χ3n) is 4.64. The molecular weight excluding hydrogens is 396 g/mol. The van der Waals surface area contributed by atoms with Crippen molar-refractivity contribution in [1.29, 1.82) is 0 Å².